The summed E-state index contributed by atoms with van der Waals surface area (Å²) in [4.78, 5) is 17.9. The number of rotatable bonds is 1. The molecule has 86 valence electrons. The summed E-state index contributed by atoms with van der Waals surface area (Å²) >= 11 is 11.6. The van der Waals surface area contributed by atoms with E-state index in [0.717, 1.165) is 19.4 Å². The van der Waals surface area contributed by atoms with Gasteiger partial charge in [0, 0.05) is 12.6 Å². The summed E-state index contributed by atoms with van der Waals surface area (Å²) in [5.74, 6) is -0.0563. The van der Waals surface area contributed by atoms with Gasteiger partial charge < -0.3 is 4.90 Å². The molecule has 1 amide bonds. The number of carbonyl (C=O) groups excluding carboxylic acids is 1. The topological polar surface area (TPSA) is 33.2 Å². The zero-order chi connectivity index (χ0) is 11.7. The highest BCUT2D eigenvalue weighted by Crippen LogP contribution is 2.23. The molecule has 0 bridgehead atoms. The highest BCUT2D eigenvalue weighted by Gasteiger charge is 2.27. The molecule has 0 radical (unpaired) electrons. The standard InChI is InChI=1S/C11H12Cl2N2O/c1-7-3-2-6-15(7)11(16)8-4-5-9(12)14-10(8)13/h4-5,7H,2-3,6H2,1H3. The summed E-state index contributed by atoms with van der Waals surface area (Å²) in [7, 11) is 0. The van der Waals surface area contributed by atoms with E-state index in [1.807, 2.05) is 11.8 Å². The third kappa shape index (κ3) is 2.15. The van der Waals surface area contributed by atoms with Crippen LogP contribution in [0.3, 0.4) is 0 Å². The molecule has 0 saturated carbocycles. The SMILES string of the molecule is CC1CCCN1C(=O)c1ccc(Cl)nc1Cl. The van der Waals surface area contributed by atoms with Crippen LogP contribution in [-0.2, 0) is 0 Å². The van der Waals surface area contributed by atoms with Crippen LogP contribution in [0, 0.1) is 0 Å². The molecule has 0 aromatic carbocycles. The second-order valence-electron chi connectivity index (χ2n) is 3.96. The lowest BCUT2D eigenvalue weighted by atomic mass is 10.2. The van der Waals surface area contributed by atoms with Gasteiger partial charge in [-0.05, 0) is 31.9 Å². The van der Waals surface area contributed by atoms with Gasteiger partial charge in [-0.2, -0.15) is 0 Å². The Morgan fingerprint density at radius 3 is 2.81 bits per heavy atom. The van der Waals surface area contributed by atoms with Gasteiger partial charge in [0.1, 0.15) is 10.3 Å². The van der Waals surface area contributed by atoms with Crippen molar-refractivity contribution < 1.29 is 4.79 Å². The average Bonchev–Trinajstić information content (AvgIpc) is 2.63. The first-order valence-corrected chi connectivity index (χ1v) is 5.98. The Hall–Kier alpha value is -0.800. The van der Waals surface area contributed by atoms with Gasteiger partial charge in [-0.1, -0.05) is 23.2 Å². The molecular weight excluding hydrogens is 247 g/mol. The number of hydrogen-bond acceptors (Lipinski definition) is 2. The van der Waals surface area contributed by atoms with E-state index >= 15 is 0 Å². The minimum atomic E-state index is -0.0563. The van der Waals surface area contributed by atoms with E-state index in [2.05, 4.69) is 4.98 Å². The van der Waals surface area contributed by atoms with E-state index in [-0.39, 0.29) is 17.1 Å². The number of halogens is 2. The number of hydrogen-bond donors (Lipinski definition) is 0. The summed E-state index contributed by atoms with van der Waals surface area (Å²) in [5.41, 5.74) is 0.430. The van der Waals surface area contributed by atoms with E-state index in [1.165, 1.54) is 0 Å². The van der Waals surface area contributed by atoms with Gasteiger partial charge in [-0.25, -0.2) is 4.98 Å². The molecule has 3 nitrogen and oxygen atoms in total. The molecule has 16 heavy (non-hydrogen) atoms. The molecular formula is C11H12Cl2N2O. The molecule has 5 heteroatoms. The van der Waals surface area contributed by atoms with Crippen LogP contribution in [0.5, 0.6) is 0 Å². The molecule has 0 spiro atoms. The number of likely N-dealkylation sites (tertiary alicyclic amines) is 1. The third-order valence-corrected chi connectivity index (χ3v) is 3.36. The Balaban J connectivity index is 2.27. The summed E-state index contributed by atoms with van der Waals surface area (Å²) in [5, 5.41) is 0.479. The van der Waals surface area contributed by atoms with Crippen molar-refractivity contribution >= 4 is 29.1 Å². The van der Waals surface area contributed by atoms with E-state index < -0.39 is 0 Å². The van der Waals surface area contributed by atoms with Crippen molar-refractivity contribution in [2.45, 2.75) is 25.8 Å². The predicted molar refractivity (Wildman–Crippen MR) is 64.0 cm³/mol. The summed E-state index contributed by atoms with van der Waals surface area (Å²) in [6, 6.07) is 3.49. The van der Waals surface area contributed by atoms with Crippen LogP contribution in [0.2, 0.25) is 10.3 Å². The molecule has 1 unspecified atom stereocenters. The fourth-order valence-electron chi connectivity index (χ4n) is 1.96. The minimum absolute atomic E-state index is 0.0563. The first kappa shape index (κ1) is 11.7. The van der Waals surface area contributed by atoms with E-state index in [1.54, 1.807) is 12.1 Å². The van der Waals surface area contributed by atoms with Gasteiger partial charge in [-0.15, -0.1) is 0 Å². The van der Waals surface area contributed by atoms with Gasteiger partial charge in [-0.3, -0.25) is 4.79 Å². The van der Waals surface area contributed by atoms with Crippen LogP contribution in [0.15, 0.2) is 12.1 Å². The molecule has 1 aromatic rings. The van der Waals surface area contributed by atoms with Crippen molar-refractivity contribution in [1.29, 1.82) is 0 Å². The highest BCUT2D eigenvalue weighted by molar-refractivity contribution is 6.34. The van der Waals surface area contributed by atoms with Crippen LogP contribution in [0.25, 0.3) is 0 Å². The smallest absolute Gasteiger partial charge is 0.257 e. The van der Waals surface area contributed by atoms with Crippen molar-refractivity contribution in [2.24, 2.45) is 0 Å². The summed E-state index contributed by atoms with van der Waals surface area (Å²) < 4.78 is 0. The molecule has 0 N–H and O–H groups in total. The second-order valence-corrected chi connectivity index (χ2v) is 4.71. The normalized spacial score (nSPS) is 20.2. The van der Waals surface area contributed by atoms with Crippen LogP contribution in [0.1, 0.15) is 30.1 Å². The van der Waals surface area contributed by atoms with Gasteiger partial charge in [0.05, 0.1) is 5.56 Å². The molecule has 1 atom stereocenters. The molecule has 2 heterocycles. The zero-order valence-corrected chi connectivity index (χ0v) is 10.4. The highest BCUT2D eigenvalue weighted by atomic mass is 35.5. The molecule has 2 rings (SSSR count). The van der Waals surface area contributed by atoms with Gasteiger partial charge in [0.15, 0.2) is 0 Å². The van der Waals surface area contributed by atoms with Crippen LogP contribution < -0.4 is 0 Å². The Labute approximate surface area is 104 Å². The minimum Gasteiger partial charge on any atom is -0.336 e. The monoisotopic (exact) mass is 258 g/mol. The van der Waals surface area contributed by atoms with Crippen LogP contribution >= 0.6 is 23.2 Å². The van der Waals surface area contributed by atoms with Crippen molar-refractivity contribution in [3.05, 3.63) is 28.0 Å². The van der Waals surface area contributed by atoms with E-state index in [4.69, 9.17) is 23.2 Å². The number of carbonyl (C=O) groups is 1. The van der Waals surface area contributed by atoms with Gasteiger partial charge in [0.2, 0.25) is 0 Å². The predicted octanol–water partition coefficient (Wildman–Crippen LogP) is 3.01. The number of pyridine rings is 1. The van der Waals surface area contributed by atoms with Crippen molar-refractivity contribution in [3.63, 3.8) is 0 Å². The van der Waals surface area contributed by atoms with Crippen molar-refractivity contribution in [1.82, 2.24) is 9.88 Å². The molecule has 1 aliphatic rings. The number of nitrogens with zero attached hydrogens (tertiary/aromatic N) is 2. The molecule has 1 saturated heterocycles. The summed E-state index contributed by atoms with van der Waals surface area (Å²) in [6.07, 6.45) is 2.09. The van der Waals surface area contributed by atoms with Crippen molar-refractivity contribution in [3.8, 4) is 0 Å². The zero-order valence-electron chi connectivity index (χ0n) is 8.91. The fraction of sp³-hybridized carbons (Fsp3) is 0.455. The number of amides is 1. The lowest BCUT2D eigenvalue weighted by Gasteiger charge is -2.21. The maximum Gasteiger partial charge on any atom is 0.257 e. The average molecular weight is 259 g/mol. The van der Waals surface area contributed by atoms with Crippen molar-refractivity contribution in [2.75, 3.05) is 6.54 Å². The second kappa shape index (κ2) is 4.60. The van der Waals surface area contributed by atoms with Gasteiger partial charge >= 0.3 is 0 Å². The summed E-state index contributed by atoms with van der Waals surface area (Å²) in [6.45, 7) is 2.83. The quantitative estimate of drug-likeness (QED) is 0.726. The largest absolute Gasteiger partial charge is 0.336 e. The molecule has 1 fully saturated rings. The lowest BCUT2D eigenvalue weighted by Crippen LogP contribution is -2.33. The molecule has 1 aromatic heterocycles. The molecule has 0 aliphatic carbocycles. The maximum absolute atomic E-state index is 12.1. The Morgan fingerprint density at radius 1 is 1.50 bits per heavy atom. The third-order valence-electron chi connectivity index (χ3n) is 2.86. The van der Waals surface area contributed by atoms with Gasteiger partial charge in [0.25, 0.3) is 5.91 Å². The Bertz CT molecular complexity index is 422. The maximum atomic E-state index is 12.1. The van der Waals surface area contributed by atoms with E-state index in [0.29, 0.717) is 10.7 Å². The first-order valence-electron chi connectivity index (χ1n) is 5.22. The fourth-order valence-corrected chi connectivity index (χ4v) is 2.39. The Morgan fingerprint density at radius 2 is 2.25 bits per heavy atom. The lowest BCUT2D eigenvalue weighted by molar-refractivity contribution is 0.0747. The first-order chi connectivity index (χ1) is 7.59. The van der Waals surface area contributed by atoms with E-state index in [9.17, 15) is 4.79 Å². The molecule has 1 aliphatic heterocycles. The number of aromatic nitrogens is 1. The van der Waals surface area contributed by atoms with Crippen LogP contribution in [-0.4, -0.2) is 28.4 Å². The van der Waals surface area contributed by atoms with Crippen LogP contribution in [0.4, 0.5) is 0 Å². The Kier molecular flexibility index (Phi) is 3.36.